The first-order chi connectivity index (χ1) is 17.2. The number of benzene rings is 2. The topological polar surface area (TPSA) is 41.1 Å². The Morgan fingerprint density at radius 3 is 2.66 bits per heavy atom. The number of fused-ring (bicyclic) bond motifs is 1. The Kier molecular flexibility index (Phi) is 5.71. The minimum Gasteiger partial charge on any atom is -0.497 e. The van der Waals surface area contributed by atoms with Crippen LogP contribution in [0, 0.1) is 5.82 Å². The van der Waals surface area contributed by atoms with Crippen molar-refractivity contribution in [1.29, 1.82) is 0 Å². The summed E-state index contributed by atoms with van der Waals surface area (Å²) >= 11 is 0. The number of rotatable bonds is 5. The first-order valence-corrected chi connectivity index (χ1v) is 12.2. The molecule has 1 N–H and O–H groups in total. The highest BCUT2D eigenvalue weighted by atomic mass is 19.1. The Labute approximate surface area is 205 Å². The lowest BCUT2D eigenvalue weighted by Gasteiger charge is -2.28. The second-order valence-electron chi connectivity index (χ2n) is 9.41. The Morgan fingerprint density at radius 2 is 1.86 bits per heavy atom. The molecule has 5 heteroatoms. The van der Waals surface area contributed by atoms with Crippen LogP contribution in [0.2, 0.25) is 0 Å². The van der Waals surface area contributed by atoms with Crippen molar-refractivity contribution in [1.82, 2.24) is 14.9 Å². The minimum absolute atomic E-state index is 0.229. The Bertz CT molecular complexity index is 1360. The van der Waals surface area contributed by atoms with Crippen LogP contribution in [0.15, 0.2) is 85.3 Å². The van der Waals surface area contributed by atoms with Gasteiger partial charge in [0.25, 0.3) is 0 Å². The van der Waals surface area contributed by atoms with Crippen LogP contribution in [-0.4, -0.2) is 41.1 Å². The fraction of sp³-hybridized carbons (Fsp3) is 0.233. The molecule has 0 spiro atoms. The smallest absolute Gasteiger partial charge is 0.123 e. The zero-order chi connectivity index (χ0) is 23.8. The number of H-pyrrole nitrogens is 1. The molecular formula is C30H28FN3O. The lowest BCUT2D eigenvalue weighted by Crippen LogP contribution is -2.32. The third-order valence-electron chi connectivity index (χ3n) is 7.41. The van der Waals surface area contributed by atoms with E-state index in [2.05, 4.69) is 45.3 Å². The number of halogens is 1. The highest BCUT2D eigenvalue weighted by Crippen LogP contribution is 2.43. The standard InChI is InChI=1S/C30H28FN3O/c1-35-27-4-2-3-22(17-27)24-16-26-15-23(11-14-34(26)19-24)28-18-33-30(21-5-7-25(31)8-6-21)29(28)20-9-12-32-13-10-20/h2-10,12-13,15,17-18,24,26,33H,11,14,16,19H2,1H3/t24-,26-/m1/s1. The van der Waals surface area contributed by atoms with Crippen LogP contribution in [0.4, 0.5) is 4.39 Å². The van der Waals surface area contributed by atoms with Crippen molar-refractivity contribution in [3.05, 3.63) is 102 Å². The molecule has 35 heavy (non-hydrogen) atoms. The zero-order valence-corrected chi connectivity index (χ0v) is 19.7. The molecule has 0 aliphatic carbocycles. The quantitative estimate of drug-likeness (QED) is 0.364. The van der Waals surface area contributed by atoms with E-state index >= 15 is 0 Å². The van der Waals surface area contributed by atoms with E-state index in [1.807, 2.05) is 42.7 Å². The highest BCUT2D eigenvalue weighted by Gasteiger charge is 2.35. The van der Waals surface area contributed by atoms with Gasteiger partial charge in [-0.1, -0.05) is 18.2 Å². The van der Waals surface area contributed by atoms with Crippen LogP contribution in [0.3, 0.4) is 0 Å². The summed E-state index contributed by atoms with van der Waals surface area (Å²) in [6.45, 7) is 2.12. The lowest BCUT2D eigenvalue weighted by atomic mass is 9.90. The molecule has 4 heterocycles. The summed E-state index contributed by atoms with van der Waals surface area (Å²) in [5, 5.41) is 0. The predicted molar refractivity (Wildman–Crippen MR) is 138 cm³/mol. The average molecular weight is 466 g/mol. The van der Waals surface area contributed by atoms with E-state index in [1.165, 1.54) is 28.8 Å². The minimum atomic E-state index is -0.229. The fourth-order valence-corrected chi connectivity index (χ4v) is 5.64. The zero-order valence-electron chi connectivity index (χ0n) is 19.7. The number of methoxy groups -OCH3 is 1. The van der Waals surface area contributed by atoms with Gasteiger partial charge in [0, 0.05) is 48.8 Å². The van der Waals surface area contributed by atoms with Crippen molar-refractivity contribution < 1.29 is 9.13 Å². The van der Waals surface area contributed by atoms with E-state index in [-0.39, 0.29) is 5.82 Å². The summed E-state index contributed by atoms with van der Waals surface area (Å²) in [5.41, 5.74) is 8.19. The second kappa shape index (κ2) is 9.16. The molecule has 176 valence electrons. The van der Waals surface area contributed by atoms with E-state index in [0.29, 0.717) is 12.0 Å². The van der Waals surface area contributed by atoms with E-state index in [9.17, 15) is 4.39 Å². The van der Waals surface area contributed by atoms with Crippen LogP contribution in [0.25, 0.3) is 28.0 Å². The number of ether oxygens (including phenoxy) is 1. The molecule has 0 amide bonds. The second-order valence-corrected chi connectivity index (χ2v) is 9.41. The molecule has 6 rings (SSSR count). The monoisotopic (exact) mass is 465 g/mol. The fourth-order valence-electron chi connectivity index (χ4n) is 5.64. The number of nitrogens with zero attached hydrogens (tertiary/aromatic N) is 2. The Hall–Kier alpha value is -3.70. The first kappa shape index (κ1) is 21.8. The van der Waals surface area contributed by atoms with Gasteiger partial charge in [0.05, 0.1) is 12.8 Å². The molecule has 4 aromatic rings. The van der Waals surface area contributed by atoms with Crippen LogP contribution in [0.5, 0.6) is 5.75 Å². The van der Waals surface area contributed by atoms with Crippen molar-refractivity contribution in [2.75, 3.05) is 20.2 Å². The molecule has 0 unspecified atom stereocenters. The van der Waals surface area contributed by atoms with Gasteiger partial charge in [0.1, 0.15) is 11.6 Å². The van der Waals surface area contributed by atoms with Gasteiger partial charge in [-0.2, -0.15) is 0 Å². The molecule has 2 aromatic heterocycles. The molecule has 2 atom stereocenters. The largest absolute Gasteiger partial charge is 0.497 e. The normalized spacial score (nSPS) is 19.9. The van der Waals surface area contributed by atoms with Gasteiger partial charge in [-0.25, -0.2) is 4.39 Å². The number of pyridine rings is 1. The molecule has 4 nitrogen and oxygen atoms in total. The molecule has 1 saturated heterocycles. The van der Waals surface area contributed by atoms with Gasteiger partial charge in [0.2, 0.25) is 0 Å². The van der Waals surface area contributed by atoms with Crippen LogP contribution in [0.1, 0.15) is 29.9 Å². The lowest BCUT2D eigenvalue weighted by molar-refractivity contribution is 0.286. The molecule has 2 aromatic carbocycles. The predicted octanol–water partition coefficient (Wildman–Crippen LogP) is 6.54. The summed E-state index contributed by atoms with van der Waals surface area (Å²) in [7, 11) is 1.73. The molecule has 0 saturated carbocycles. The molecule has 0 radical (unpaired) electrons. The maximum absolute atomic E-state index is 13.6. The average Bonchev–Trinajstić information content (AvgIpc) is 3.54. The van der Waals surface area contributed by atoms with Crippen molar-refractivity contribution in [2.45, 2.75) is 24.8 Å². The van der Waals surface area contributed by atoms with Gasteiger partial charge in [-0.15, -0.1) is 0 Å². The molecule has 2 aliphatic rings. The molecular weight excluding hydrogens is 437 g/mol. The van der Waals surface area contributed by atoms with Gasteiger partial charge >= 0.3 is 0 Å². The Morgan fingerprint density at radius 1 is 1.03 bits per heavy atom. The van der Waals surface area contributed by atoms with Crippen LogP contribution < -0.4 is 4.74 Å². The van der Waals surface area contributed by atoms with Gasteiger partial charge in [-0.3, -0.25) is 9.88 Å². The van der Waals surface area contributed by atoms with Gasteiger partial charge in [-0.05, 0) is 89.6 Å². The maximum atomic E-state index is 13.6. The third kappa shape index (κ3) is 4.17. The van der Waals surface area contributed by atoms with Crippen molar-refractivity contribution in [3.8, 4) is 28.1 Å². The van der Waals surface area contributed by atoms with E-state index < -0.39 is 0 Å². The van der Waals surface area contributed by atoms with Crippen molar-refractivity contribution in [3.63, 3.8) is 0 Å². The maximum Gasteiger partial charge on any atom is 0.123 e. The summed E-state index contributed by atoms with van der Waals surface area (Å²) in [6.07, 6.45) is 10.3. The van der Waals surface area contributed by atoms with Gasteiger partial charge in [0.15, 0.2) is 0 Å². The van der Waals surface area contributed by atoms with E-state index in [0.717, 1.165) is 54.1 Å². The highest BCUT2D eigenvalue weighted by molar-refractivity contribution is 5.91. The van der Waals surface area contributed by atoms with Crippen LogP contribution >= 0.6 is 0 Å². The van der Waals surface area contributed by atoms with Crippen molar-refractivity contribution >= 4 is 5.57 Å². The van der Waals surface area contributed by atoms with Crippen LogP contribution in [-0.2, 0) is 0 Å². The number of aromatic nitrogens is 2. The summed E-state index contributed by atoms with van der Waals surface area (Å²) in [6, 6.07) is 19.7. The number of hydrogen-bond donors (Lipinski definition) is 1. The van der Waals surface area contributed by atoms with Gasteiger partial charge < -0.3 is 9.72 Å². The third-order valence-corrected chi connectivity index (χ3v) is 7.41. The first-order valence-electron chi connectivity index (χ1n) is 12.2. The number of nitrogens with one attached hydrogen (secondary N) is 1. The van der Waals surface area contributed by atoms with E-state index in [1.54, 1.807) is 7.11 Å². The summed E-state index contributed by atoms with van der Waals surface area (Å²) in [5.74, 6) is 1.20. The Balaban J connectivity index is 1.35. The molecule has 1 fully saturated rings. The molecule has 0 bridgehead atoms. The SMILES string of the molecule is COc1cccc([C@@H]2C[C@H]3C=C(c4c[nH]c(-c5ccc(F)cc5)c4-c4ccncc4)CCN3C2)c1. The van der Waals surface area contributed by atoms with E-state index in [4.69, 9.17) is 4.74 Å². The number of aromatic amines is 1. The van der Waals surface area contributed by atoms with Crippen molar-refractivity contribution in [2.24, 2.45) is 0 Å². The molecule has 2 aliphatic heterocycles. The number of hydrogen-bond acceptors (Lipinski definition) is 3. The summed E-state index contributed by atoms with van der Waals surface area (Å²) in [4.78, 5) is 10.3. The summed E-state index contributed by atoms with van der Waals surface area (Å²) < 4.78 is 19.1.